The number of nitrogens with zero attached hydrogens (tertiary/aromatic N) is 3. The molecular formula is C20H22N4O5S. The van der Waals surface area contributed by atoms with Crippen molar-refractivity contribution in [2.75, 3.05) is 0 Å². The minimum atomic E-state index is -4.24. The summed E-state index contributed by atoms with van der Waals surface area (Å²) in [4.78, 5) is 19.5. The first-order chi connectivity index (χ1) is 14.3. The second-order valence-corrected chi connectivity index (χ2v) is 8.23. The molecule has 0 aliphatic heterocycles. The van der Waals surface area contributed by atoms with Crippen molar-refractivity contribution in [3.8, 4) is 5.75 Å². The molecular weight excluding hydrogens is 408 g/mol. The molecule has 2 heterocycles. The summed E-state index contributed by atoms with van der Waals surface area (Å²) >= 11 is 0. The normalized spacial score (nSPS) is 11.4. The van der Waals surface area contributed by atoms with Gasteiger partial charge in [-0.1, -0.05) is 32.0 Å². The smallest absolute Gasteiger partial charge is 0.404 e. The first-order valence-electron chi connectivity index (χ1n) is 9.18. The molecule has 1 amide bonds. The van der Waals surface area contributed by atoms with Crippen molar-refractivity contribution in [3.63, 3.8) is 0 Å². The number of ether oxygens (including phenoxy) is 1. The van der Waals surface area contributed by atoms with E-state index in [-0.39, 0.29) is 35.7 Å². The monoisotopic (exact) mass is 430 g/mol. The van der Waals surface area contributed by atoms with Crippen LogP contribution in [0.2, 0.25) is 0 Å². The molecule has 0 spiro atoms. The van der Waals surface area contributed by atoms with Gasteiger partial charge in [-0.3, -0.25) is 4.98 Å². The number of pyridine rings is 1. The molecule has 0 atom stereocenters. The van der Waals surface area contributed by atoms with Crippen LogP contribution in [0.15, 0.2) is 59.9 Å². The molecule has 158 valence electrons. The predicted octanol–water partition coefficient (Wildman–Crippen LogP) is 2.81. The number of benzene rings is 1. The summed E-state index contributed by atoms with van der Waals surface area (Å²) in [5, 5.41) is -0.0961. The summed E-state index contributed by atoms with van der Waals surface area (Å²) in [5.41, 5.74) is 6.18. The van der Waals surface area contributed by atoms with Crippen LogP contribution in [0, 0.1) is 0 Å². The number of hydrogen-bond acceptors (Lipinski definition) is 7. The van der Waals surface area contributed by atoms with Crippen LogP contribution in [-0.2, 0) is 28.0 Å². The Hall–Kier alpha value is -3.40. The summed E-state index contributed by atoms with van der Waals surface area (Å²) in [6, 6.07) is 11.7. The molecule has 0 fully saturated rings. The highest BCUT2D eigenvalue weighted by molar-refractivity contribution is 7.87. The predicted molar refractivity (Wildman–Crippen MR) is 108 cm³/mol. The Bertz CT molecular complexity index is 1110. The molecule has 3 rings (SSSR count). The number of primary amides is 1. The minimum absolute atomic E-state index is 0.0961. The van der Waals surface area contributed by atoms with Crippen LogP contribution < -0.4 is 9.92 Å². The highest BCUT2D eigenvalue weighted by atomic mass is 32.2. The van der Waals surface area contributed by atoms with E-state index in [1.54, 1.807) is 54.9 Å². The maximum atomic E-state index is 13.3. The number of carbonyl (C=O) groups excluding carboxylic acids is 1. The number of aromatic nitrogens is 3. The van der Waals surface area contributed by atoms with Crippen molar-refractivity contribution in [1.82, 2.24) is 14.5 Å². The SMILES string of the molecule is CC(C)c1nc(COC(N)=O)n(Cc2ccncc2)c1S(=O)(=O)Oc1ccccc1. The topological polar surface area (TPSA) is 126 Å². The zero-order valence-corrected chi connectivity index (χ0v) is 17.4. The van der Waals surface area contributed by atoms with Gasteiger partial charge >= 0.3 is 16.2 Å². The Morgan fingerprint density at radius 3 is 2.40 bits per heavy atom. The van der Waals surface area contributed by atoms with E-state index in [2.05, 4.69) is 9.97 Å². The molecule has 30 heavy (non-hydrogen) atoms. The molecule has 0 saturated carbocycles. The number of nitrogens with two attached hydrogens (primary N) is 1. The summed E-state index contributed by atoms with van der Waals surface area (Å²) in [6.07, 6.45) is 2.22. The van der Waals surface area contributed by atoms with Crippen LogP contribution in [-0.4, -0.2) is 29.0 Å². The fraction of sp³-hybridized carbons (Fsp3) is 0.250. The molecule has 0 bridgehead atoms. The van der Waals surface area contributed by atoms with Crippen molar-refractivity contribution >= 4 is 16.2 Å². The molecule has 0 saturated heterocycles. The molecule has 0 unspecified atom stereocenters. The van der Waals surface area contributed by atoms with Gasteiger partial charge in [-0.2, -0.15) is 8.42 Å². The lowest BCUT2D eigenvalue weighted by molar-refractivity contribution is 0.145. The average molecular weight is 430 g/mol. The highest BCUT2D eigenvalue weighted by Gasteiger charge is 2.31. The summed E-state index contributed by atoms with van der Waals surface area (Å²) in [5.74, 6) is 0.184. The maximum Gasteiger partial charge on any atom is 0.404 e. The lowest BCUT2D eigenvalue weighted by atomic mass is 10.1. The first kappa shape index (κ1) is 21.3. The number of carbonyl (C=O) groups is 1. The van der Waals surface area contributed by atoms with E-state index in [0.717, 1.165) is 5.56 Å². The number of rotatable bonds is 8. The summed E-state index contributed by atoms with van der Waals surface area (Å²) in [6.45, 7) is 3.52. The first-order valence-corrected chi connectivity index (χ1v) is 10.6. The molecule has 0 aliphatic rings. The second kappa shape index (κ2) is 8.95. The van der Waals surface area contributed by atoms with Gasteiger partial charge in [0.05, 0.1) is 12.2 Å². The van der Waals surface area contributed by atoms with Gasteiger partial charge < -0.3 is 19.2 Å². The zero-order chi connectivity index (χ0) is 21.7. The van der Waals surface area contributed by atoms with Crippen LogP contribution in [0.1, 0.15) is 36.8 Å². The van der Waals surface area contributed by atoms with Crippen LogP contribution in [0.5, 0.6) is 5.75 Å². The third-order valence-electron chi connectivity index (χ3n) is 4.19. The molecule has 2 N–H and O–H groups in total. The fourth-order valence-corrected chi connectivity index (χ4v) is 4.28. The second-order valence-electron chi connectivity index (χ2n) is 6.77. The van der Waals surface area contributed by atoms with Gasteiger partial charge in [0.15, 0.2) is 11.6 Å². The standard InChI is InChI=1S/C20H22N4O5S/c1-14(2)18-19(30(26,27)29-16-6-4-3-5-7-16)24(12-15-8-10-22-11-9-15)17(23-18)13-28-20(21)25/h3-11,14H,12-13H2,1-2H3,(H2,21,25). The molecule has 0 aliphatic carbocycles. The average Bonchev–Trinajstić information content (AvgIpc) is 3.07. The Morgan fingerprint density at radius 1 is 1.13 bits per heavy atom. The van der Waals surface area contributed by atoms with Crippen molar-refractivity contribution in [2.24, 2.45) is 5.73 Å². The van der Waals surface area contributed by atoms with Gasteiger partial charge in [0.2, 0.25) is 0 Å². The van der Waals surface area contributed by atoms with E-state index < -0.39 is 16.2 Å². The van der Waals surface area contributed by atoms with E-state index in [9.17, 15) is 13.2 Å². The maximum absolute atomic E-state index is 13.3. The number of hydrogen-bond donors (Lipinski definition) is 1. The molecule has 3 aromatic rings. The van der Waals surface area contributed by atoms with Gasteiger partial charge in [-0.15, -0.1) is 0 Å². The van der Waals surface area contributed by atoms with Crippen LogP contribution in [0.25, 0.3) is 0 Å². The number of para-hydroxylation sites is 1. The lowest BCUT2D eigenvalue weighted by Gasteiger charge is -2.14. The van der Waals surface area contributed by atoms with Gasteiger partial charge in [0.25, 0.3) is 0 Å². The quantitative estimate of drug-likeness (QED) is 0.544. The van der Waals surface area contributed by atoms with E-state index in [1.807, 2.05) is 13.8 Å². The third-order valence-corrected chi connectivity index (χ3v) is 5.51. The minimum Gasteiger partial charge on any atom is -0.442 e. The third kappa shape index (κ3) is 4.95. The van der Waals surface area contributed by atoms with Crippen molar-refractivity contribution in [1.29, 1.82) is 0 Å². The fourth-order valence-electron chi connectivity index (χ4n) is 2.86. The van der Waals surface area contributed by atoms with Crippen LogP contribution in [0.3, 0.4) is 0 Å². The van der Waals surface area contributed by atoms with Gasteiger partial charge in [0.1, 0.15) is 11.6 Å². The van der Waals surface area contributed by atoms with Gasteiger partial charge in [-0.25, -0.2) is 9.78 Å². The van der Waals surface area contributed by atoms with Crippen molar-refractivity contribution < 1.29 is 22.1 Å². The van der Waals surface area contributed by atoms with E-state index in [0.29, 0.717) is 5.69 Å². The largest absolute Gasteiger partial charge is 0.442 e. The lowest BCUT2D eigenvalue weighted by Crippen LogP contribution is -2.20. The van der Waals surface area contributed by atoms with E-state index in [4.69, 9.17) is 14.7 Å². The van der Waals surface area contributed by atoms with Gasteiger partial charge in [0, 0.05) is 12.4 Å². The molecule has 10 heteroatoms. The molecule has 1 aromatic carbocycles. The Morgan fingerprint density at radius 2 is 1.80 bits per heavy atom. The van der Waals surface area contributed by atoms with Crippen LogP contribution >= 0.6 is 0 Å². The molecule has 2 aromatic heterocycles. The zero-order valence-electron chi connectivity index (χ0n) is 16.6. The number of amides is 1. The van der Waals surface area contributed by atoms with E-state index in [1.165, 1.54) is 4.57 Å². The summed E-state index contributed by atoms with van der Waals surface area (Å²) in [7, 11) is -4.24. The van der Waals surface area contributed by atoms with E-state index >= 15 is 0 Å². The Kier molecular flexibility index (Phi) is 6.36. The van der Waals surface area contributed by atoms with Crippen molar-refractivity contribution in [3.05, 3.63) is 71.9 Å². The highest BCUT2D eigenvalue weighted by Crippen LogP contribution is 2.29. The Labute approximate surface area is 174 Å². The molecule has 9 nitrogen and oxygen atoms in total. The van der Waals surface area contributed by atoms with Crippen LogP contribution in [0.4, 0.5) is 4.79 Å². The van der Waals surface area contributed by atoms with Gasteiger partial charge in [-0.05, 0) is 35.7 Å². The van der Waals surface area contributed by atoms with Crippen molar-refractivity contribution in [2.45, 2.75) is 37.9 Å². The summed E-state index contributed by atoms with van der Waals surface area (Å²) < 4.78 is 38.2. The Balaban J connectivity index is 2.13. The number of imidazole rings is 1. The molecule has 0 radical (unpaired) electrons.